The van der Waals surface area contributed by atoms with Gasteiger partial charge in [0.05, 0.1) is 12.6 Å². The molecule has 0 bridgehead atoms. The van der Waals surface area contributed by atoms with Crippen LogP contribution in [0.15, 0.2) is 0 Å². The molecule has 1 heterocycles. The lowest BCUT2D eigenvalue weighted by Gasteiger charge is -2.04. The molecule has 6 heteroatoms. The lowest BCUT2D eigenvalue weighted by molar-refractivity contribution is -0.122. The van der Waals surface area contributed by atoms with E-state index in [1.54, 1.807) is 0 Å². The van der Waals surface area contributed by atoms with Gasteiger partial charge in [0.15, 0.2) is 5.82 Å². The molecule has 2 atom stereocenters. The van der Waals surface area contributed by atoms with Crippen molar-refractivity contribution in [1.29, 1.82) is 0 Å². The summed E-state index contributed by atoms with van der Waals surface area (Å²) in [5, 5.41) is 14.4. The molecule has 2 saturated carbocycles. The molecular weight excluding hydrogens is 206 g/mol. The number of tetrazole rings is 1. The van der Waals surface area contributed by atoms with Crippen LogP contribution in [0.2, 0.25) is 0 Å². The normalized spacial score (nSPS) is 27.8. The largest absolute Gasteiger partial charge is 0.348 e. The Labute approximate surface area is 93.4 Å². The number of nitrogens with zero attached hydrogens (tertiary/aromatic N) is 4. The summed E-state index contributed by atoms with van der Waals surface area (Å²) in [7, 11) is 0. The lowest BCUT2D eigenvalue weighted by Crippen LogP contribution is -2.26. The van der Waals surface area contributed by atoms with Gasteiger partial charge in [-0.15, -0.1) is 5.10 Å². The monoisotopic (exact) mass is 221 g/mol. The van der Waals surface area contributed by atoms with Crippen molar-refractivity contribution in [1.82, 2.24) is 25.5 Å². The Bertz CT molecular complexity index is 411. The van der Waals surface area contributed by atoms with Crippen LogP contribution in [0, 0.1) is 11.8 Å². The van der Waals surface area contributed by atoms with Crippen LogP contribution in [0.3, 0.4) is 0 Å². The minimum atomic E-state index is 0.137. The summed E-state index contributed by atoms with van der Waals surface area (Å²) in [5.74, 6) is 1.66. The molecule has 86 valence electrons. The number of hydrogen-bond donors (Lipinski definition) is 1. The molecular formula is C10H15N5O. The number of nitrogens with one attached hydrogen (secondary N) is 1. The van der Waals surface area contributed by atoms with E-state index in [0.717, 1.165) is 25.1 Å². The van der Waals surface area contributed by atoms with E-state index in [0.29, 0.717) is 18.5 Å². The Hall–Kier alpha value is -1.46. The van der Waals surface area contributed by atoms with Crippen LogP contribution in [0.25, 0.3) is 0 Å². The van der Waals surface area contributed by atoms with Crippen LogP contribution in [0.5, 0.6) is 0 Å². The molecule has 1 N–H and O–H groups in total. The predicted octanol–water partition coefficient (Wildman–Crippen LogP) is 0.280. The third-order valence-corrected chi connectivity index (χ3v) is 3.32. The van der Waals surface area contributed by atoms with Gasteiger partial charge in [-0.3, -0.25) is 4.79 Å². The minimum Gasteiger partial charge on any atom is -0.348 e. The standard InChI is InChI=1S/C10H15N5O/c1-6-4-8(6)10(16)11-5-9-12-13-14-15(9)7-2-3-7/h6-8H,2-5H2,1H3,(H,11,16)/t6-,8+/m0/s1. The maximum Gasteiger partial charge on any atom is 0.223 e. The van der Waals surface area contributed by atoms with E-state index < -0.39 is 0 Å². The first kappa shape index (κ1) is 9.74. The van der Waals surface area contributed by atoms with Gasteiger partial charge in [0.1, 0.15) is 0 Å². The van der Waals surface area contributed by atoms with Gasteiger partial charge in [-0.05, 0) is 35.6 Å². The molecule has 16 heavy (non-hydrogen) atoms. The minimum absolute atomic E-state index is 0.137. The summed E-state index contributed by atoms with van der Waals surface area (Å²) in [6.45, 7) is 2.55. The second-order valence-electron chi connectivity index (χ2n) is 4.81. The van der Waals surface area contributed by atoms with E-state index in [1.807, 2.05) is 4.68 Å². The zero-order valence-corrected chi connectivity index (χ0v) is 9.26. The van der Waals surface area contributed by atoms with Gasteiger partial charge in [0.2, 0.25) is 5.91 Å². The molecule has 1 amide bonds. The molecule has 0 spiro atoms. The van der Waals surface area contributed by atoms with E-state index in [1.165, 1.54) is 0 Å². The molecule has 1 aromatic rings. The Kier molecular flexibility index (Phi) is 2.15. The van der Waals surface area contributed by atoms with E-state index in [2.05, 4.69) is 27.8 Å². The Morgan fingerprint density at radius 2 is 2.31 bits per heavy atom. The van der Waals surface area contributed by atoms with Crippen LogP contribution >= 0.6 is 0 Å². The molecule has 0 radical (unpaired) electrons. The molecule has 2 aliphatic carbocycles. The predicted molar refractivity (Wildman–Crippen MR) is 55.2 cm³/mol. The van der Waals surface area contributed by atoms with Crippen molar-refractivity contribution in [3.05, 3.63) is 5.82 Å². The number of carbonyl (C=O) groups is 1. The highest BCUT2D eigenvalue weighted by Gasteiger charge is 2.39. The molecule has 6 nitrogen and oxygen atoms in total. The van der Waals surface area contributed by atoms with Gasteiger partial charge >= 0.3 is 0 Å². The zero-order chi connectivity index (χ0) is 11.1. The smallest absolute Gasteiger partial charge is 0.223 e. The second kappa shape index (κ2) is 3.54. The summed E-state index contributed by atoms with van der Waals surface area (Å²) in [6, 6.07) is 0.460. The van der Waals surface area contributed by atoms with Crippen LogP contribution < -0.4 is 5.32 Å². The summed E-state index contributed by atoms with van der Waals surface area (Å²) < 4.78 is 1.83. The van der Waals surface area contributed by atoms with E-state index >= 15 is 0 Å². The summed E-state index contributed by atoms with van der Waals surface area (Å²) >= 11 is 0. The average molecular weight is 221 g/mol. The lowest BCUT2D eigenvalue weighted by atomic mass is 10.3. The highest BCUT2D eigenvalue weighted by atomic mass is 16.2. The third kappa shape index (κ3) is 1.79. The third-order valence-electron chi connectivity index (χ3n) is 3.32. The van der Waals surface area contributed by atoms with Gasteiger partial charge in [-0.2, -0.15) is 0 Å². The van der Waals surface area contributed by atoms with Crippen molar-refractivity contribution < 1.29 is 4.79 Å². The van der Waals surface area contributed by atoms with Crippen molar-refractivity contribution in [2.75, 3.05) is 0 Å². The van der Waals surface area contributed by atoms with Gasteiger partial charge in [0, 0.05) is 5.92 Å². The maximum absolute atomic E-state index is 11.6. The highest BCUT2D eigenvalue weighted by Crippen LogP contribution is 2.37. The number of carbonyl (C=O) groups excluding carboxylic acids is 1. The van der Waals surface area contributed by atoms with Gasteiger partial charge in [0.25, 0.3) is 0 Å². The van der Waals surface area contributed by atoms with E-state index in [4.69, 9.17) is 0 Å². The van der Waals surface area contributed by atoms with Gasteiger partial charge in [-0.1, -0.05) is 6.92 Å². The first-order chi connectivity index (χ1) is 7.75. The topological polar surface area (TPSA) is 72.7 Å². The first-order valence-electron chi connectivity index (χ1n) is 5.80. The van der Waals surface area contributed by atoms with Crippen molar-refractivity contribution in [3.63, 3.8) is 0 Å². The van der Waals surface area contributed by atoms with Crippen LogP contribution in [0.1, 0.15) is 38.1 Å². The number of aromatic nitrogens is 4. The fourth-order valence-corrected chi connectivity index (χ4v) is 1.92. The fourth-order valence-electron chi connectivity index (χ4n) is 1.92. The van der Waals surface area contributed by atoms with Gasteiger partial charge in [-0.25, -0.2) is 4.68 Å². The molecule has 3 rings (SSSR count). The number of rotatable bonds is 4. The zero-order valence-electron chi connectivity index (χ0n) is 9.26. The van der Waals surface area contributed by atoms with Crippen LogP contribution in [-0.4, -0.2) is 26.1 Å². The molecule has 0 aromatic carbocycles. The second-order valence-corrected chi connectivity index (χ2v) is 4.81. The first-order valence-corrected chi connectivity index (χ1v) is 5.80. The van der Waals surface area contributed by atoms with Crippen molar-refractivity contribution in [2.45, 2.75) is 38.8 Å². The van der Waals surface area contributed by atoms with E-state index in [9.17, 15) is 4.79 Å². The molecule has 2 fully saturated rings. The quantitative estimate of drug-likeness (QED) is 0.792. The molecule has 0 saturated heterocycles. The Morgan fingerprint density at radius 3 is 2.94 bits per heavy atom. The van der Waals surface area contributed by atoms with Crippen molar-refractivity contribution in [3.8, 4) is 0 Å². The average Bonchev–Trinajstić information content (AvgIpc) is 3.18. The molecule has 0 unspecified atom stereocenters. The highest BCUT2D eigenvalue weighted by molar-refractivity contribution is 5.81. The van der Waals surface area contributed by atoms with Crippen LogP contribution in [-0.2, 0) is 11.3 Å². The SMILES string of the molecule is C[C@H]1C[C@H]1C(=O)NCc1nnnn1C1CC1. The summed E-state index contributed by atoms with van der Waals surface area (Å²) in [6.07, 6.45) is 3.30. The van der Waals surface area contributed by atoms with E-state index in [-0.39, 0.29) is 11.8 Å². The number of amides is 1. The van der Waals surface area contributed by atoms with Crippen molar-refractivity contribution >= 4 is 5.91 Å². The molecule has 2 aliphatic rings. The molecule has 0 aliphatic heterocycles. The number of hydrogen-bond acceptors (Lipinski definition) is 4. The summed E-state index contributed by atoms with van der Waals surface area (Å²) in [4.78, 5) is 11.6. The van der Waals surface area contributed by atoms with Crippen LogP contribution in [0.4, 0.5) is 0 Å². The maximum atomic E-state index is 11.6. The Morgan fingerprint density at radius 1 is 1.56 bits per heavy atom. The molecule has 1 aromatic heterocycles. The Balaban J connectivity index is 1.57. The van der Waals surface area contributed by atoms with Crippen molar-refractivity contribution in [2.24, 2.45) is 11.8 Å². The van der Waals surface area contributed by atoms with Gasteiger partial charge < -0.3 is 5.32 Å². The summed E-state index contributed by atoms with van der Waals surface area (Å²) in [5.41, 5.74) is 0. The fraction of sp³-hybridized carbons (Fsp3) is 0.800.